The topological polar surface area (TPSA) is 77.2 Å². The second-order valence-corrected chi connectivity index (χ2v) is 7.31. The highest BCUT2D eigenvalue weighted by Gasteiger charge is 2.51. The van der Waals surface area contributed by atoms with Crippen molar-refractivity contribution >= 4 is 5.91 Å². The van der Waals surface area contributed by atoms with Crippen molar-refractivity contribution < 1.29 is 9.90 Å². The summed E-state index contributed by atoms with van der Waals surface area (Å²) in [5.74, 6) is 6.57. The second-order valence-electron chi connectivity index (χ2n) is 7.31. The largest absolute Gasteiger partial charge is 0.394 e. The maximum absolute atomic E-state index is 12.7. The SMILES string of the molecule is N#C[C@@H]1[C@@H](c2ccc(C#CC3CC3)cc2)[C@H](CO)N1C(=O)Cc1ccccn1. The second kappa shape index (κ2) is 7.84. The van der Waals surface area contributed by atoms with E-state index in [4.69, 9.17) is 0 Å². The summed E-state index contributed by atoms with van der Waals surface area (Å²) in [5, 5.41) is 19.5. The molecule has 1 amide bonds. The average Bonchev–Trinajstić information content (AvgIpc) is 3.52. The molecular formula is C23H21N3O2. The quantitative estimate of drug-likeness (QED) is 0.837. The van der Waals surface area contributed by atoms with Crippen molar-refractivity contribution in [3.63, 3.8) is 0 Å². The Morgan fingerprint density at radius 3 is 2.61 bits per heavy atom. The third-order valence-electron chi connectivity index (χ3n) is 5.37. The molecule has 0 radical (unpaired) electrons. The number of rotatable bonds is 4. The number of aliphatic hydroxyl groups excluding tert-OH is 1. The molecule has 2 fully saturated rings. The molecule has 1 aromatic carbocycles. The lowest BCUT2D eigenvalue weighted by molar-refractivity contribution is -0.146. The number of amides is 1. The lowest BCUT2D eigenvalue weighted by Crippen LogP contribution is -2.65. The van der Waals surface area contributed by atoms with E-state index in [2.05, 4.69) is 22.9 Å². The predicted octanol–water partition coefficient (Wildman–Crippen LogP) is 2.26. The van der Waals surface area contributed by atoms with E-state index in [0.717, 1.165) is 11.1 Å². The summed E-state index contributed by atoms with van der Waals surface area (Å²) in [7, 11) is 0. The fourth-order valence-electron chi connectivity index (χ4n) is 3.70. The van der Waals surface area contributed by atoms with Crippen LogP contribution in [0.5, 0.6) is 0 Å². The molecule has 5 heteroatoms. The zero-order valence-corrected chi connectivity index (χ0v) is 15.5. The van der Waals surface area contributed by atoms with Crippen LogP contribution in [0.3, 0.4) is 0 Å². The molecule has 1 aromatic heterocycles. The van der Waals surface area contributed by atoms with Gasteiger partial charge in [-0.25, -0.2) is 0 Å². The van der Waals surface area contributed by atoms with Crippen LogP contribution in [-0.2, 0) is 11.2 Å². The number of carbonyl (C=O) groups excluding carboxylic acids is 1. The molecule has 0 bridgehead atoms. The number of nitriles is 1. The van der Waals surface area contributed by atoms with E-state index >= 15 is 0 Å². The molecule has 2 heterocycles. The average molecular weight is 371 g/mol. The van der Waals surface area contributed by atoms with E-state index < -0.39 is 12.1 Å². The van der Waals surface area contributed by atoms with Crippen molar-refractivity contribution in [2.24, 2.45) is 5.92 Å². The molecule has 4 rings (SSSR count). The van der Waals surface area contributed by atoms with Crippen LogP contribution in [0.4, 0.5) is 0 Å². The van der Waals surface area contributed by atoms with E-state index in [1.165, 1.54) is 17.7 Å². The van der Waals surface area contributed by atoms with Gasteiger partial charge < -0.3 is 10.0 Å². The first-order valence-corrected chi connectivity index (χ1v) is 9.54. The van der Waals surface area contributed by atoms with Crippen LogP contribution in [0.15, 0.2) is 48.7 Å². The zero-order chi connectivity index (χ0) is 19.5. The van der Waals surface area contributed by atoms with Crippen LogP contribution in [0.2, 0.25) is 0 Å². The van der Waals surface area contributed by atoms with Gasteiger partial charge in [-0.1, -0.05) is 30.0 Å². The Balaban J connectivity index is 1.49. The Hall–Kier alpha value is -3.15. The van der Waals surface area contributed by atoms with Gasteiger partial charge in [-0.05, 0) is 42.7 Å². The highest BCUT2D eigenvalue weighted by Crippen LogP contribution is 2.40. The summed E-state index contributed by atoms with van der Waals surface area (Å²) in [5.41, 5.74) is 2.56. The summed E-state index contributed by atoms with van der Waals surface area (Å²) in [6, 6.07) is 14.5. The Morgan fingerprint density at radius 1 is 1.21 bits per heavy atom. The predicted molar refractivity (Wildman–Crippen MR) is 104 cm³/mol. The Morgan fingerprint density at radius 2 is 2.00 bits per heavy atom. The van der Waals surface area contributed by atoms with Crippen molar-refractivity contribution in [1.29, 1.82) is 5.26 Å². The van der Waals surface area contributed by atoms with E-state index in [0.29, 0.717) is 11.6 Å². The molecule has 1 N–H and O–H groups in total. The number of aromatic nitrogens is 1. The number of hydrogen-bond acceptors (Lipinski definition) is 4. The molecule has 28 heavy (non-hydrogen) atoms. The summed E-state index contributed by atoms with van der Waals surface area (Å²) in [6.07, 6.45) is 4.15. The first kappa shape index (κ1) is 18.2. The molecule has 1 saturated heterocycles. The molecule has 0 spiro atoms. The van der Waals surface area contributed by atoms with Crippen molar-refractivity contribution in [2.75, 3.05) is 6.61 Å². The van der Waals surface area contributed by atoms with Crippen LogP contribution < -0.4 is 0 Å². The van der Waals surface area contributed by atoms with Gasteiger partial charge in [-0.15, -0.1) is 0 Å². The van der Waals surface area contributed by atoms with Crippen LogP contribution in [0, 0.1) is 29.1 Å². The third kappa shape index (κ3) is 3.63. The highest BCUT2D eigenvalue weighted by atomic mass is 16.3. The monoisotopic (exact) mass is 371 g/mol. The number of nitrogens with zero attached hydrogens (tertiary/aromatic N) is 3. The van der Waals surface area contributed by atoms with Gasteiger partial charge in [0.15, 0.2) is 0 Å². The number of carbonyl (C=O) groups is 1. The first-order chi connectivity index (χ1) is 13.7. The summed E-state index contributed by atoms with van der Waals surface area (Å²) in [4.78, 5) is 18.4. The molecule has 1 saturated carbocycles. The molecule has 2 aromatic rings. The zero-order valence-electron chi connectivity index (χ0n) is 15.5. The molecule has 0 unspecified atom stereocenters. The van der Waals surface area contributed by atoms with Gasteiger partial charge in [-0.3, -0.25) is 9.78 Å². The van der Waals surface area contributed by atoms with Crippen molar-refractivity contribution in [1.82, 2.24) is 9.88 Å². The maximum atomic E-state index is 12.7. The molecule has 1 aliphatic heterocycles. The number of aliphatic hydroxyl groups is 1. The minimum absolute atomic E-state index is 0.123. The minimum atomic E-state index is -0.586. The molecular weight excluding hydrogens is 350 g/mol. The van der Waals surface area contributed by atoms with Gasteiger partial charge in [0.1, 0.15) is 6.04 Å². The number of benzene rings is 1. The van der Waals surface area contributed by atoms with Crippen LogP contribution in [0.25, 0.3) is 0 Å². The number of hydrogen-bond donors (Lipinski definition) is 1. The molecule has 2 aliphatic rings. The van der Waals surface area contributed by atoms with E-state index in [1.807, 2.05) is 30.3 Å². The smallest absolute Gasteiger partial charge is 0.230 e. The number of likely N-dealkylation sites (tertiary alicyclic amines) is 1. The maximum Gasteiger partial charge on any atom is 0.230 e. The fraction of sp³-hybridized carbons (Fsp3) is 0.348. The standard InChI is InChI=1S/C23H21N3O2/c24-14-20-23(18-10-8-17(9-11-18)7-6-16-4-5-16)21(15-27)26(20)22(28)13-19-3-1-2-12-25-19/h1-3,8-12,16,20-21,23,27H,4-5,13,15H2/t20-,21+,23-/m1/s1. The lowest BCUT2D eigenvalue weighted by atomic mass is 9.75. The molecule has 1 aliphatic carbocycles. The Bertz CT molecular complexity index is 949. The summed E-state index contributed by atoms with van der Waals surface area (Å²) >= 11 is 0. The van der Waals surface area contributed by atoms with Gasteiger partial charge >= 0.3 is 0 Å². The minimum Gasteiger partial charge on any atom is -0.394 e. The number of pyridine rings is 1. The Kier molecular flexibility index (Phi) is 5.10. The van der Waals surface area contributed by atoms with E-state index in [9.17, 15) is 15.2 Å². The van der Waals surface area contributed by atoms with Gasteiger partial charge in [-0.2, -0.15) is 5.26 Å². The van der Waals surface area contributed by atoms with Gasteiger partial charge in [0.05, 0.1) is 25.1 Å². The normalized spacial score (nSPS) is 23.1. The molecule has 140 valence electrons. The van der Waals surface area contributed by atoms with Gasteiger partial charge in [0.25, 0.3) is 0 Å². The Labute approximate surface area is 164 Å². The van der Waals surface area contributed by atoms with E-state index in [1.54, 1.807) is 18.3 Å². The van der Waals surface area contributed by atoms with E-state index in [-0.39, 0.29) is 24.9 Å². The highest BCUT2D eigenvalue weighted by molar-refractivity contribution is 5.81. The third-order valence-corrected chi connectivity index (χ3v) is 5.37. The lowest BCUT2D eigenvalue weighted by Gasteiger charge is -2.51. The summed E-state index contributed by atoms with van der Waals surface area (Å²) in [6.45, 7) is -0.181. The fourth-order valence-corrected chi connectivity index (χ4v) is 3.70. The van der Waals surface area contributed by atoms with Crippen LogP contribution in [0.1, 0.15) is 35.6 Å². The van der Waals surface area contributed by atoms with Gasteiger partial charge in [0, 0.05) is 29.3 Å². The summed E-state index contributed by atoms with van der Waals surface area (Å²) < 4.78 is 0. The molecule has 5 nitrogen and oxygen atoms in total. The molecule has 3 atom stereocenters. The van der Waals surface area contributed by atoms with Crippen LogP contribution in [-0.4, -0.2) is 39.6 Å². The van der Waals surface area contributed by atoms with Crippen LogP contribution >= 0.6 is 0 Å². The van der Waals surface area contributed by atoms with Crippen molar-refractivity contribution in [3.8, 4) is 17.9 Å². The first-order valence-electron chi connectivity index (χ1n) is 9.54. The van der Waals surface area contributed by atoms with Crippen molar-refractivity contribution in [2.45, 2.75) is 37.3 Å². The van der Waals surface area contributed by atoms with Crippen molar-refractivity contribution in [3.05, 3.63) is 65.5 Å². The van der Waals surface area contributed by atoms with Gasteiger partial charge in [0.2, 0.25) is 5.91 Å².